The summed E-state index contributed by atoms with van der Waals surface area (Å²) in [4.78, 5) is 13.4. The van der Waals surface area contributed by atoms with Crippen LogP contribution in [0.2, 0.25) is 0 Å². The van der Waals surface area contributed by atoms with Gasteiger partial charge in [-0.1, -0.05) is 18.2 Å². The van der Waals surface area contributed by atoms with Crippen LogP contribution in [0, 0.1) is 0 Å². The van der Waals surface area contributed by atoms with Gasteiger partial charge in [0.1, 0.15) is 12.4 Å². The van der Waals surface area contributed by atoms with Gasteiger partial charge < -0.3 is 14.2 Å². The molecule has 0 aromatic carbocycles. The fourth-order valence-electron chi connectivity index (χ4n) is 2.57. The summed E-state index contributed by atoms with van der Waals surface area (Å²) in [6, 6.07) is 0. The maximum Gasteiger partial charge on any atom is 0.417 e. The molecule has 1 saturated heterocycles. The van der Waals surface area contributed by atoms with E-state index in [1.165, 1.54) is 17.4 Å². The number of cyclic esters (lactones) is 1. The van der Waals surface area contributed by atoms with E-state index >= 15 is 0 Å². The van der Waals surface area contributed by atoms with E-state index in [0.29, 0.717) is 5.76 Å². The Labute approximate surface area is 146 Å². The second-order valence-corrected chi connectivity index (χ2v) is 7.41. The molecule has 0 N–H and O–H groups in total. The van der Waals surface area contributed by atoms with Crippen molar-refractivity contribution >= 4 is 16.2 Å². The Bertz CT molecular complexity index is 763. The molecule has 0 spiro atoms. The van der Waals surface area contributed by atoms with Crippen molar-refractivity contribution in [2.45, 2.75) is 25.4 Å². The third kappa shape index (κ3) is 4.64. The van der Waals surface area contributed by atoms with E-state index in [2.05, 4.69) is 10.3 Å². The molecule has 0 saturated carbocycles. The zero-order chi connectivity index (χ0) is 17.9. The van der Waals surface area contributed by atoms with Gasteiger partial charge in [0.05, 0.1) is 19.4 Å². The number of hydrogen-bond donors (Lipinski definition) is 0. The third-order valence-corrected chi connectivity index (χ3v) is 4.36. The predicted octanol–water partition coefficient (Wildman–Crippen LogP) is 2.14. The molecule has 0 radical (unpaired) electrons. The molecule has 2 heterocycles. The molecule has 136 valence electrons. The maximum absolute atomic E-state index is 12.0. The first kappa shape index (κ1) is 17.6. The van der Waals surface area contributed by atoms with Crippen LogP contribution in [0.5, 0.6) is 0 Å². The molecular weight excluding hydrogens is 350 g/mol. The lowest BCUT2D eigenvalue weighted by Crippen LogP contribution is -2.27. The standard InChI is InChI=1S/C16H19NO7S/c1-25(19,20)22-8-7-13-9-17(16(18)23-13)15-11-21-10-14(24-15)12-5-3-2-4-6-12/h2-3,5,10-11,13H,4,6-9H2,1H3/t13-/m0/s1. The van der Waals surface area contributed by atoms with Gasteiger partial charge in [-0.25, -0.2) is 9.69 Å². The molecular formula is C16H19NO7S. The van der Waals surface area contributed by atoms with Gasteiger partial charge >= 0.3 is 6.09 Å². The van der Waals surface area contributed by atoms with Crippen LogP contribution in [0.1, 0.15) is 19.3 Å². The molecule has 1 atom stereocenters. The molecule has 1 fully saturated rings. The van der Waals surface area contributed by atoms with Gasteiger partial charge in [-0.05, 0) is 18.4 Å². The van der Waals surface area contributed by atoms with Crippen molar-refractivity contribution in [1.82, 2.24) is 4.90 Å². The summed E-state index contributed by atoms with van der Waals surface area (Å²) in [5, 5.41) is 0. The van der Waals surface area contributed by atoms with Crippen molar-refractivity contribution < 1.29 is 31.6 Å². The highest BCUT2D eigenvalue weighted by atomic mass is 32.2. The highest BCUT2D eigenvalue weighted by Gasteiger charge is 2.36. The molecule has 3 aliphatic rings. The van der Waals surface area contributed by atoms with Gasteiger partial charge in [0, 0.05) is 6.42 Å². The van der Waals surface area contributed by atoms with E-state index in [0.717, 1.165) is 24.7 Å². The molecule has 25 heavy (non-hydrogen) atoms. The van der Waals surface area contributed by atoms with Crippen LogP contribution in [0.15, 0.2) is 48.0 Å². The van der Waals surface area contributed by atoms with Crippen LogP contribution in [-0.2, 0) is 28.5 Å². The van der Waals surface area contributed by atoms with Crippen molar-refractivity contribution in [2.75, 3.05) is 19.4 Å². The molecule has 8 nitrogen and oxygen atoms in total. The minimum Gasteiger partial charge on any atom is -0.463 e. The summed E-state index contributed by atoms with van der Waals surface area (Å²) in [5.41, 5.74) is 0.985. The van der Waals surface area contributed by atoms with Crippen molar-refractivity contribution in [3.05, 3.63) is 48.0 Å². The topological polar surface area (TPSA) is 91.4 Å². The molecule has 2 aliphatic heterocycles. The van der Waals surface area contributed by atoms with Crippen molar-refractivity contribution in [1.29, 1.82) is 0 Å². The lowest BCUT2D eigenvalue weighted by molar-refractivity contribution is 0.113. The predicted molar refractivity (Wildman–Crippen MR) is 87.2 cm³/mol. The van der Waals surface area contributed by atoms with Gasteiger partial charge in [0.2, 0.25) is 5.88 Å². The second-order valence-electron chi connectivity index (χ2n) is 5.77. The van der Waals surface area contributed by atoms with Gasteiger partial charge in [0.25, 0.3) is 10.1 Å². The first-order valence-corrected chi connectivity index (χ1v) is 9.66. The monoisotopic (exact) mass is 369 g/mol. The minimum absolute atomic E-state index is 0.0502. The van der Waals surface area contributed by atoms with Crippen LogP contribution >= 0.6 is 0 Å². The number of carbonyl (C=O) groups is 1. The molecule has 0 aromatic heterocycles. The number of hydrogen-bond acceptors (Lipinski definition) is 7. The number of carbonyl (C=O) groups excluding carboxylic acids is 1. The van der Waals surface area contributed by atoms with Crippen LogP contribution in [0.25, 0.3) is 0 Å². The third-order valence-electron chi connectivity index (χ3n) is 3.77. The highest BCUT2D eigenvalue weighted by molar-refractivity contribution is 7.85. The largest absolute Gasteiger partial charge is 0.463 e. The van der Waals surface area contributed by atoms with Crippen LogP contribution in [0.4, 0.5) is 4.79 Å². The Kier molecular flexibility index (Phi) is 5.14. The molecule has 0 unspecified atom stereocenters. The zero-order valence-corrected chi connectivity index (χ0v) is 14.5. The first-order valence-electron chi connectivity index (χ1n) is 7.84. The van der Waals surface area contributed by atoms with E-state index in [1.807, 2.05) is 12.2 Å². The smallest absolute Gasteiger partial charge is 0.417 e. The lowest BCUT2D eigenvalue weighted by atomic mass is 10.0. The van der Waals surface area contributed by atoms with E-state index in [4.69, 9.17) is 14.2 Å². The Hall–Kier alpha value is -2.26. The average Bonchev–Trinajstić information content (AvgIpc) is 2.95. The lowest BCUT2D eigenvalue weighted by Gasteiger charge is -2.23. The molecule has 1 amide bonds. The molecule has 3 rings (SSSR count). The highest BCUT2D eigenvalue weighted by Crippen LogP contribution is 2.29. The Morgan fingerprint density at radius 2 is 2.20 bits per heavy atom. The fourth-order valence-corrected chi connectivity index (χ4v) is 2.96. The number of rotatable bonds is 6. The minimum atomic E-state index is -3.51. The van der Waals surface area contributed by atoms with Crippen molar-refractivity contribution in [3.63, 3.8) is 0 Å². The molecule has 0 aromatic rings. The maximum atomic E-state index is 12.0. The Morgan fingerprint density at radius 1 is 1.36 bits per heavy atom. The zero-order valence-electron chi connectivity index (χ0n) is 13.7. The number of amides is 1. The second kappa shape index (κ2) is 7.32. The van der Waals surface area contributed by atoms with Gasteiger partial charge in [-0.2, -0.15) is 8.42 Å². The van der Waals surface area contributed by atoms with E-state index in [9.17, 15) is 13.2 Å². The normalized spacial score (nSPS) is 23.2. The summed E-state index contributed by atoms with van der Waals surface area (Å²) in [6.07, 6.45) is 10.7. The molecule has 9 heteroatoms. The quantitative estimate of drug-likeness (QED) is 0.662. The summed E-state index contributed by atoms with van der Waals surface area (Å²) < 4.78 is 42.9. The summed E-state index contributed by atoms with van der Waals surface area (Å²) in [7, 11) is -3.51. The average molecular weight is 369 g/mol. The van der Waals surface area contributed by atoms with E-state index in [-0.39, 0.29) is 25.5 Å². The molecule has 1 aliphatic carbocycles. The van der Waals surface area contributed by atoms with Crippen molar-refractivity contribution in [3.8, 4) is 0 Å². The van der Waals surface area contributed by atoms with E-state index < -0.39 is 22.3 Å². The van der Waals surface area contributed by atoms with E-state index in [1.54, 1.807) is 0 Å². The Morgan fingerprint density at radius 3 is 2.92 bits per heavy atom. The fraction of sp³-hybridized carbons (Fsp3) is 0.438. The van der Waals surface area contributed by atoms with Crippen molar-refractivity contribution in [2.24, 2.45) is 0 Å². The van der Waals surface area contributed by atoms with Gasteiger partial charge in [-0.3, -0.25) is 4.18 Å². The van der Waals surface area contributed by atoms with Gasteiger partial charge in [-0.15, -0.1) is 0 Å². The number of nitrogens with zero attached hydrogens (tertiary/aromatic N) is 1. The van der Waals surface area contributed by atoms with Gasteiger partial charge in [0.15, 0.2) is 12.0 Å². The summed E-state index contributed by atoms with van der Waals surface area (Å²) in [5.74, 6) is 0.794. The van der Waals surface area contributed by atoms with Crippen LogP contribution < -0.4 is 0 Å². The number of ether oxygens (including phenoxy) is 3. The van der Waals surface area contributed by atoms with Crippen LogP contribution in [0.3, 0.4) is 0 Å². The first-order chi connectivity index (χ1) is 11.9. The van der Waals surface area contributed by atoms with Crippen LogP contribution in [-0.4, -0.2) is 44.9 Å². The summed E-state index contributed by atoms with van der Waals surface area (Å²) >= 11 is 0. The summed E-state index contributed by atoms with van der Waals surface area (Å²) in [6.45, 7) is 0.179. The SMILES string of the molecule is CS(=O)(=O)OCC[C@H]1CN(C2=COC=C(C3=CC=CCC3)O2)C(=O)O1. The Balaban J connectivity index is 1.57. The number of allylic oxidation sites excluding steroid dienone is 4. The molecule has 0 bridgehead atoms.